The van der Waals surface area contributed by atoms with Gasteiger partial charge < -0.3 is 15.4 Å². The maximum absolute atomic E-state index is 12.7. The van der Waals surface area contributed by atoms with Crippen molar-refractivity contribution < 1.29 is 18.7 Å². The van der Waals surface area contributed by atoms with Gasteiger partial charge in [0, 0.05) is 5.56 Å². The molecule has 24 heavy (non-hydrogen) atoms. The number of rotatable bonds is 7. The first-order valence-corrected chi connectivity index (χ1v) is 7.55. The number of hydrogen-bond donors (Lipinski definition) is 2. The average molecular weight is 330 g/mol. The van der Waals surface area contributed by atoms with Crippen LogP contribution in [0.3, 0.4) is 0 Å². The Balaban J connectivity index is 1.65. The molecule has 2 aromatic carbocycles. The van der Waals surface area contributed by atoms with Crippen LogP contribution in [0.4, 0.5) is 4.39 Å². The van der Waals surface area contributed by atoms with Crippen molar-refractivity contribution in [3.8, 4) is 5.75 Å². The molecule has 2 aromatic rings. The molecule has 0 atom stereocenters. The lowest BCUT2D eigenvalue weighted by Crippen LogP contribution is -2.38. The van der Waals surface area contributed by atoms with Crippen molar-refractivity contribution in [2.24, 2.45) is 0 Å². The molecule has 0 saturated heterocycles. The third-order valence-electron chi connectivity index (χ3n) is 3.31. The number of ether oxygens (including phenoxy) is 1. The molecule has 0 spiro atoms. The number of nitrogens with one attached hydrogen (secondary N) is 2. The summed E-state index contributed by atoms with van der Waals surface area (Å²) in [5.74, 6) is -0.399. The van der Waals surface area contributed by atoms with Gasteiger partial charge in [-0.25, -0.2) is 4.39 Å². The molecule has 0 aromatic heterocycles. The van der Waals surface area contributed by atoms with Gasteiger partial charge in [0.1, 0.15) is 18.2 Å². The van der Waals surface area contributed by atoms with Crippen molar-refractivity contribution >= 4 is 11.8 Å². The Hall–Kier alpha value is -2.89. The molecule has 5 nitrogen and oxygen atoms in total. The smallest absolute Gasteiger partial charge is 0.251 e. The van der Waals surface area contributed by atoms with Crippen molar-refractivity contribution in [2.45, 2.75) is 6.92 Å². The highest BCUT2D eigenvalue weighted by Crippen LogP contribution is 2.10. The van der Waals surface area contributed by atoms with E-state index in [4.69, 9.17) is 4.74 Å². The fraction of sp³-hybridized carbons (Fsp3) is 0.222. The van der Waals surface area contributed by atoms with Crippen LogP contribution in [0.1, 0.15) is 15.9 Å². The third kappa shape index (κ3) is 5.39. The van der Waals surface area contributed by atoms with Crippen LogP contribution >= 0.6 is 0 Å². The van der Waals surface area contributed by atoms with Crippen LogP contribution in [-0.2, 0) is 4.79 Å². The summed E-state index contributed by atoms with van der Waals surface area (Å²) in [4.78, 5) is 23.7. The molecule has 6 heteroatoms. The molecule has 126 valence electrons. The van der Waals surface area contributed by atoms with Crippen LogP contribution in [0, 0.1) is 12.7 Å². The van der Waals surface area contributed by atoms with E-state index in [0.29, 0.717) is 11.3 Å². The molecule has 0 aliphatic heterocycles. The molecule has 0 bridgehead atoms. The summed E-state index contributed by atoms with van der Waals surface area (Å²) >= 11 is 0. The Bertz CT molecular complexity index is 702. The maximum Gasteiger partial charge on any atom is 0.251 e. The van der Waals surface area contributed by atoms with Gasteiger partial charge >= 0.3 is 0 Å². The minimum absolute atomic E-state index is 0.107. The van der Waals surface area contributed by atoms with Crippen LogP contribution in [-0.4, -0.2) is 31.5 Å². The second-order valence-electron chi connectivity index (χ2n) is 5.15. The standard InChI is InChI=1S/C18H19FN2O3/c1-13-4-2-3-5-16(13)18(23)21-12-17(22)20-10-11-24-15-8-6-14(19)7-9-15/h2-9H,10-12H2,1H3,(H,20,22)(H,21,23). The van der Waals surface area contributed by atoms with Crippen LogP contribution in [0.2, 0.25) is 0 Å². The van der Waals surface area contributed by atoms with Crippen LogP contribution in [0.25, 0.3) is 0 Å². The zero-order valence-electron chi connectivity index (χ0n) is 13.3. The molecule has 0 fully saturated rings. The topological polar surface area (TPSA) is 67.4 Å². The van der Waals surface area contributed by atoms with Gasteiger partial charge in [0.2, 0.25) is 5.91 Å². The molecule has 0 aliphatic carbocycles. The quantitative estimate of drug-likeness (QED) is 0.764. The highest BCUT2D eigenvalue weighted by molar-refractivity contribution is 5.97. The van der Waals surface area contributed by atoms with Gasteiger partial charge in [-0.3, -0.25) is 9.59 Å². The van der Waals surface area contributed by atoms with E-state index in [0.717, 1.165) is 5.56 Å². The van der Waals surface area contributed by atoms with Gasteiger partial charge in [0.15, 0.2) is 0 Å². The molecule has 0 heterocycles. The number of carbonyl (C=O) groups excluding carboxylic acids is 2. The first kappa shape index (κ1) is 17.5. The number of benzene rings is 2. The molecule has 2 amide bonds. The molecule has 0 saturated carbocycles. The Morgan fingerprint density at radius 2 is 1.75 bits per heavy atom. The summed E-state index contributed by atoms with van der Waals surface area (Å²) in [7, 11) is 0. The summed E-state index contributed by atoms with van der Waals surface area (Å²) in [5.41, 5.74) is 1.40. The number of halogens is 1. The minimum Gasteiger partial charge on any atom is -0.492 e. The Morgan fingerprint density at radius 3 is 2.46 bits per heavy atom. The van der Waals surface area contributed by atoms with Crippen molar-refractivity contribution in [1.29, 1.82) is 0 Å². The van der Waals surface area contributed by atoms with E-state index in [1.165, 1.54) is 24.3 Å². The summed E-state index contributed by atoms with van der Waals surface area (Å²) in [6, 6.07) is 12.8. The Labute approximate surface area is 139 Å². The van der Waals surface area contributed by atoms with Crippen LogP contribution in [0.5, 0.6) is 5.75 Å². The van der Waals surface area contributed by atoms with Gasteiger partial charge in [0.05, 0.1) is 13.1 Å². The number of amides is 2. The fourth-order valence-corrected chi connectivity index (χ4v) is 2.04. The van der Waals surface area contributed by atoms with Crippen LogP contribution in [0.15, 0.2) is 48.5 Å². The van der Waals surface area contributed by atoms with E-state index in [1.54, 1.807) is 12.1 Å². The van der Waals surface area contributed by atoms with Crippen molar-refractivity contribution in [3.05, 3.63) is 65.5 Å². The van der Waals surface area contributed by atoms with E-state index in [-0.39, 0.29) is 37.3 Å². The summed E-state index contributed by atoms with van der Waals surface area (Å²) in [5, 5.41) is 5.20. The fourth-order valence-electron chi connectivity index (χ4n) is 2.04. The summed E-state index contributed by atoms with van der Waals surface area (Å²) in [6.45, 7) is 2.27. The van der Waals surface area contributed by atoms with Crippen molar-refractivity contribution in [3.63, 3.8) is 0 Å². The normalized spacial score (nSPS) is 10.1. The molecule has 2 rings (SSSR count). The summed E-state index contributed by atoms with van der Waals surface area (Å²) < 4.78 is 18.1. The second-order valence-corrected chi connectivity index (χ2v) is 5.15. The lowest BCUT2D eigenvalue weighted by molar-refractivity contribution is -0.120. The maximum atomic E-state index is 12.7. The molecule has 0 unspecified atom stereocenters. The minimum atomic E-state index is -0.333. The SMILES string of the molecule is Cc1ccccc1C(=O)NCC(=O)NCCOc1ccc(F)cc1. The molecule has 0 aliphatic rings. The zero-order chi connectivity index (χ0) is 17.4. The lowest BCUT2D eigenvalue weighted by atomic mass is 10.1. The predicted octanol–water partition coefficient (Wildman–Crippen LogP) is 2.06. The highest BCUT2D eigenvalue weighted by Gasteiger charge is 2.09. The average Bonchev–Trinajstić information content (AvgIpc) is 2.58. The first-order chi connectivity index (χ1) is 11.6. The Morgan fingerprint density at radius 1 is 1.04 bits per heavy atom. The number of aryl methyl sites for hydroxylation is 1. The largest absolute Gasteiger partial charge is 0.492 e. The molecular formula is C18H19FN2O3. The van der Waals surface area contributed by atoms with Crippen molar-refractivity contribution in [2.75, 3.05) is 19.7 Å². The van der Waals surface area contributed by atoms with E-state index >= 15 is 0 Å². The van der Waals surface area contributed by atoms with Gasteiger partial charge in [-0.1, -0.05) is 18.2 Å². The first-order valence-electron chi connectivity index (χ1n) is 7.55. The number of carbonyl (C=O) groups is 2. The summed E-state index contributed by atoms with van der Waals surface area (Å²) in [6.07, 6.45) is 0. The van der Waals surface area contributed by atoms with E-state index in [1.807, 2.05) is 19.1 Å². The third-order valence-corrected chi connectivity index (χ3v) is 3.31. The molecule has 2 N–H and O–H groups in total. The van der Waals surface area contributed by atoms with Gasteiger partial charge in [0.25, 0.3) is 5.91 Å². The van der Waals surface area contributed by atoms with Crippen molar-refractivity contribution in [1.82, 2.24) is 10.6 Å². The van der Waals surface area contributed by atoms with E-state index in [2.05, 4.69) is 10.6 Å². The number of hydrogen-bond acceptors (Lipinski definition) is 3. The van der Waals surface area contributed by atoms with Crippen LogP contribution < -0.4 is 15.4 Å². The molecule has 0 radical (unpaired) electrons. The Kier molecular flexibility index (Phi) is 6.31. The monoisotopic (exact) mass is 330 g/mol. The highest BCUT2D eigenvalue weighted by atomic mass is 19.1. The predicted molar refractivity (Wildman–Crippen MR) is 88.4 cm³/mol. The second kappa shape index (κ2) is 8.67. The zero-order valence-corrected chi connectivity index (χ0v) is 13.3. The van der Waals surface area contributed by atoms with Gasteiger partial charge in [-0.05, 0) is 42.8 Å². The van der Waals surface area contributed by atoms with E-state index < -0.39 is 0 Å². The van der Waals surface area contributed by atoms with E-state index in [9.17, 15) is 14.0 Å². The van der Waals surface area contributed by atoms with Gasteiger partial charge in [-0.15, -0.1) is 0 Å². The molecular weight excluding hydrogens is 311 g/mol. The lowest BCUT2D eigenvalue weighted by Gasteiger charge is -2.09. The van der Waals surface area contributed by atoms with Gasteiger partial charge in [-0.2, -0.15) is 0 Å².